The molecule has 0 bridgehead atoms. The van der Waals surface area contributed by atoms with Crippen LogP contribution in [-0.2, 0) is 9.84 Å². The summed E-state index contributed by atoms with van der Waals surface area (Å²) in [5.41, 5.74) is 0. The Kier molecular flexibility index (Phi) is 5.85. The Morgan fingerprint density at radius 2 is 2.00 bits per heavy atom. The monoisotopic (exact) mass is 274 g/mol. The van der Waals surface area contributed by atoms with Crippen LogP contribution in [0.4, 0.5) is 0 Å². The zero-order valence-corrected chi connectivity index (χ0v) is 11.6. The van der Waals surface area contributed by atoms with Crippen molar-refractivity contribution in [1.29, 1.82) is 0 Å². The van der Waals surface area contributed by atoms with E-state index in [0.717, 1.165) is 25.0 Å². The summed E-state index contributed by atoms with van der Waals surface area (Å²) in [5.74, 6) is 1.50. The predicted octanol–water partition coefficient (Wildman–Crippen LogP) is 2.57. The van der Waals surface area contributed by atoms with E-state index in [2.05, 4.69) is 12.6 Å². The summed E-state index contributed by atoms with van der Waals surface area (Å²) < 4.78 is 28.2. The van der Waals surface area contributed by atoms with E-state index in [9.17, 15) is 8.42 Å². The minimum absolute atomic E-state index is 0.297. The Morgan fingerprint density at radius 3 is 2.65 bits per heavy atom. The fraction of sp³-hybridized carbons (Fsp3) is 0.500. The molecule has 0 amide bonds. The Bertz CT molecular complexity index is 441. The fourth-order valence-electron chi connectivity index (χ4n) is 1.38. The SMILES string of the molecule is CS(=O)(=O)c1cccc(OCCCCCS)c1. The van der Waals surface area contributed by atoms with Gasteiger partial charge in [0.05, 0.1) is 11.5 Å². The largest absolute Gasteiger partial charge is 0.494 e. The van der Waals surface area contributed by atoms with Gasteiger partial charge in [-0.25, -0.2) is 8.42 Å². The van der Waals surface area contributed by atoms with Gasteiger partial charge in [0, 0.05) is 6.26 Å². The number of hydrogen-bond donors (Lipinski definition) is 1. The molecule has 0 saturated heterocycles. The summed E-state index contributed by atoms with van der Waals surface area (Å²) in [7, 11) is -3.15. The fourth-order valence-corrected chi connectivity index (χ4v) is 2.25. The zero-order valence-electron chi connectivity index (χ0n) is 9.93. The molecule has 0 spiro atoms. The highest BCUT2D eigenvalue weighted by Crippen LogP contribution is 2.17. The molecule has 0 aliphatic heterocycles. The summed E-state index contributed by atoms with van der Waals surface area (Å²) in [4.78, 5) is 0.297. The van der Waals surface area contributed by atoms with E-state index in [1.807, 2.05) is 0 Å². The molecule has 0 aliphatic rings. The zero-order chi connectivity index (χ0) is 12.7. The second-order valence-corrected chi connectivity index (χ2v) is 6.34. The van der Waals surface area contributed by atoms with E-state index in [1.54, 1.807) is 24.3 Å². The molecular formula is C12H18O3S2. The molecule has 0 fully saturated rings. The molecule has 0 aliphatic carbocycles. The second kappa shape index (κ2) is 6.91. The van der Waals surface area contributed by atoms with Crippen molar-refractivity contribution in [3.63, 3.8) is 0 Å². The van der Waals surface area contributed by atoms with E-state index in [-0.39, 0.29) is 0 Å². The van der Waals surface area contributed by atoms with Crippen LogP contribution in [0, 0.1) is 0 Å². The van der Waals surface area contributed by atoms with Crippen LogP contribution in [-0.4, -0.2) is 27.0 Å². The van der Waals surface area contributed by atoms with Crippen molar-refractivity contribution < 1.29 is 13.2 Å². The Hall–Kier alpha value is -0.680. The van der Waals surface area contributed by atoms with Gasteiger partial charge in [0.15, 0.2) is 9.84 Å². The van der Waals surface area contributed by atoms with Crippen molar-refractivity contribution in [2.75, 3.05) is 18.6 Å². The number of benzene rings is 1. The third-order valence-corrected chi connectivity index (χ3v) is 3.73. The average Bonchev–Trinajstić information content (AvgIpc) is 2.28. The lowest BCUT2D eigenvalue weighted by Crippen LogP contribution is -2.00. The molecule has 17 heavy (non-hydrogen) atoms. The molecule has 0 N–H and O–H groups in total. The van der Waals surface area contributed by atoms with Gasteiger partial charge in [-0.3, -0.25) is 0 Å². The molecule has 96 valence electrons. The van der Waals surface area contributed by atoms with Crippen molar-refractivity contribution >= 4 is 22.5 Å². The van der Waals surface area contributed by atoms with Gasteiger partial charge < -0.3 is 4.74 Å². The maximum absolute atomic E-state index is 11.3. The first kappa shape index (κ1) is 14.4. The summed E-state index contributed by atoms with van der Waals surface area (Å²) in [5, 5.41) is 0. The van der Waals surface area contributed by atoms with Gasteiger partial charge in [-0.2, -0.15) is 12.6 Å². The van der Waals surface area contributed by atoms with E-state index >= 15 is 0 Å². The van der Waals surface area contributed by atoms with Crippen LogP contribution < -0.4 is 4.74 Å². The van der Waals surface area contributed by atoms with Crippen LogP contribution in [0.5, 0.6) is 5.75 Å². The first-order valence-corrected chi connectivity index (χ1v) is 8.10. The van der Waals surface area contributed by atoms with Crippen molar-refractivity contribution in [3.8, 4) is 5.75 Å². The quantitative estimate of drug-likeness (QED) is 0.614. The third-order valence-electron chi connectivity index (χ3n) is 2.30. The number of thiol groups is 1. The van der Waals surface area contributed by atoms with Gasteiger partial charge in [0.2, 0.25) is 0 Å². The van der Waals surface area contributed by atoms with Gasteiger partial charge in [-0.15, -0.1) is 0 Å². The standard InChI is InChI=1S/C12H18O3S2/c1-17(13,14)12-7-5-6-11(10-12)15-8-3-2-4-9-16/h5-7,10,16H,2-4,8-9H2,1H3. The number of ether oxygens (including phenoxy) is 1. The molecule has 0 unspecified atom stereocenters. The maximum Gasteiger partial charge on any atom is 0.175 e. The van der Waals surface area contributed by atoms with Crippen LogP contribution in [0.15, 0.2) is 29.2 Å². The van der Waals surface area contributed by atoms with Crippen molar-refractivity contribution in [2.24, 2.45) is 0 Å². The lowest BCUT2D eigenvalue weighted by atomic mass is 10.3. The van der Waals surface area contributed by atoms with Gasteiger partial charge in [-0.1, -0.05) is 6.07 Å². The minimum atomic E-state index is -3.15. The Morgan fingerprint density at radius 1 is 1.24 bits per heavy atom. The number of hydrogen-bond acceptors (Lipinski definition) is 4. The average molecular weight is 274 g/mol. The molecule has 0 radical (unpaired) electrons. The van der Waals surface area contributed by atoms with Crippen molar-refractivity contribution in [2.45, 2.75) is 24.2 Å². The molecular weight excluding hydrogens is 256 g/mol. The maximum atomic E-state index is 11.3. The van der Waals surface area contributed by atoms with Gasteiger partial charge in [0.1, 0.15) is 5.75 Å². The van der Waals surface area contributed by atoms with E-state index in [4.69, 9.17) is 4.74 Å². The van der Waals surface area contributed by atoms with Crippen molar-refractivity contribution in [3.05, 3.63) is 24.3 Å². The molecule has 0 heterocycles. The summed E-state index contributed by atoms with van der Waals surface area (Å²) in [6, 6.07) is 6.60. The van der Waals surface area contributed by atoms with Gasteiger partial charge in [-0.05, 0) is 43.2 Å². The normalized spacial score (nSPS) is 11.4. The Balaban J connectivity index is 2.49. The number of sulfone groups is 1. The van der Waals surface area contributed by atoms with Gasteiger partial charge >= 0.3 is 0 Å². The highest BCUT2D eigenvalue weighted by atomic mass is 32.2. The minimum Gasteiger partial charge on any atom is -0.494 e. The molecule has 1 aromatic carbocycles. The molecule has 3 nitrogen and oxygen atoms in total. The first-order valence-electron chi connectivity index (χ1n) is 5.58. The van der Waals surface area contributed by atoms with Crippen LogP contribution in [0.3, 0.4) is 0 Å². The first-order chi connectivity index (χ1) is 8.04. The molecule has 0 saturated carbocycles. The highest BCUT2D eigenvalue weighted by Gasteiger charge is 2.07. The predicted molar refractivity (Wildman–Crippen MR) is 72.8 cm³/mol. The van der Waals surface area contributed by atoms with Crippen LogP contribution >= 0.6 is 12.6 Å². The van der Waals surface area contributed by atoms with Crippen LogP contribution in [0.1, 0.15) is 19.3 Å². The molecule has 0 aromatic heterocycles. The molecule has 5 heteroatoms. The molecule has 0 atom stereocenters. The van der Waals surface area contributed by atoms with Crippen LogP contribution in [0.25, 0.3) is 0 Å². The lowest BCUT2D eigenvalue weighted by molar-refractivity contribution is 0.305. The van der Waals surface area contributed by atoms with E-state index < -0.39 is 9.84 Å². The van der Waals surface area contributed by atoms with Crippen LogP contribution in [0.2, 0.25) is 0 Å². The number of unbranched alkanes of at least 4 members (excludes halogenated alkanes) is 2. The lowest BCUT2D eigenvalue weighted by Gasteiger charge is -2.07. The molecule has 1 rings (SSSR count). The third kappa shape index (κ3) is 5.46. The van der Waals surface area contributed by atoms with Gasteiger partial charge in [0.25, 0.3) is 0 Å². The van der Waals surface area contributed by atoms with E-state index in [1.165, 1.54) is 6.26 Å². The van der Waals surface area contributed by atoms with E-state index in [0.29, 0.717) is 17.3 Å². The topological polar surface area (TPSA) is 43.4 Å². The summed E-state index contributed by atoms with van der Waals surface area (Å²) in [6.07, 6.45) is 4.31. The number of rotatable bonds is 7. The molecule has 1 aromatic rings. The second-order valence-electron chi connectivity index (χ2n) is 3.88. The smallest absolute Gasteiger partial charge is 0.175 e. The summed E-state index contributed by atoms with van der Waals surface area (Å²) >= 11 is 4.13. The summed E-state index contributed by atoms with van der Waals surface area (Å²) in [6.45, 7) is 0.612. The van der Waals surface area contributed by atoms with Crippen molar-refractivity contribution in [1.82, 2.24) is 0 Å². The highest BCUT2D eigenvalue weighted by molar-refractivity contribution is 7.90. The Labute approximate surface area is 109 Å².